The second kappa shape index (κ2) is 7.04. The van der Waals surface area contributed by atoms with Gasteiger partial charge in [-0.25, -0.2) is 4.98 Å². The van der Waals surface area contributed by atoms with Crippen molar-refractivity contribution in [1.82, 2.24) is 9.97 Å². The van der Waals surface area contributed by atoms with Gasteiger partial charge in [0.2, 0.25) is 11.1 Å². The Bertz CT molecular complexity index is 414. The SMILES string of the molecule is O=[N+]([O-])c1cnc(Cl)nc1NCCC(CO)CO. The van der Waals surface area contributed by atoms with Crippen LogP contribution in [-0.4, -0.2) is 44.9 Å². The molecule has 0 radical (unpaired) electrons. The van der Waals surface area contributed by atoms with Crippen molar-refractivity contribution in [2.45, 2.75) is 6.42 Å². The minimum atomic E-state index is -0.617. The molecule has 0 aliphatic carbocycles. The molecule has 0 atom stereocenters. The summed E-state index contributed by atoms with van der Waals surface area (Å²) in [5.41, 5.74) is -0.274. The largest absolute Gasteiger partial charge is 0.396 e. The average Bonchev–Trinajstić information content (AvgIpc) is 2.34. The number of halogens is 1. The number of rotatable bonds is 7. The first-order valence-electron chi connectivity index (χ1n) is 5.21. The van der Waals surface area contributed by atoms with Crippen molar-refractivity contribution in [3.8, 4) is 0 Å². The molecule has 3 N–H and O–H groups in total. The molecule has 9 heteroatoms. The Kier molecular flexibility index (Phi) is 5.69. The van der Waals surface area contributed by atoms with Crippen LogP contribution in [0.25, 0.3) is 0 Å². The summed E-state index contributed by atoms with van der Waals surface area (Å²) in [5, 5.41) is 31.1. The standard InChI is InChI=1S/C9H13ClN4O4/c10-9-12-3-7(14(17)18)8(13-9)11-2-1-6(4-15)5-16/h3,6,15-16H,1-2,4-5H2,(H,11,12,13). The summed E-state index contributed by atoms with van der Waals surface area (Å²) in [6.07, 6.45) is 1.47. The molecule has 1 heterocycles. The van der Waals surface area contributed by atoms with Gasteiger partial charge in [-0.2, -0.15) is 4.98 Å². The highest BCUT2D eigenvalue weighted by Crippen LogP contribution is 2.21. The molecular formula is C9H13ClN4O4. The number of aliphatic hydroxyl groups excluding tert-OH is 2. The molecule has 0 spiro atoms. The van der Waals surface area contributed by atoms with Crippen LogP contribution >= 0.6 is 11.6 Å². The fourth-order valence-electron chi connectivity index (χ4n) is 1.25. The summed E-state index contributed by atoms with van der Waals surface area (Å²) in [7, 11) is 0. The molecule has 0 saturated carbocycles. The number of hydrogen-bond acceptors (Lipinski definition) is 7. The molecule has 1 aromatic rings. The molecule has 1 rings (SSSR count). The molecule has 0 amide bonds. The Morgan fingerprint density at radius 3 is 2.72 bits per heavy atom. The van der Waals surface area contributed by atoms with E-state index < -0.39 is 4.92 Å². The molecule has 0 aliphatic rings. The third kappa shape index (κ3) is 4.06. The van der Waals surface area contributed by atoms with Crippen LogP contribution in [0.15, 0.2) is 6.20 Å². The molecule has 0 aromatic carbocycles. The van der Waals surface area contributed by atoms with E-state index in [0.717, 1.165) is 6.20 Å². The molecule has 1 aromatic heterocycles. The second-order valence-corrected chi connectivity index (χ2v) is 3.91. The third-order valence-electron chi connectivity index (χ3n) is 2.30. The van der Waals surface area contributed by atoms with Gasteiger partial charge in [-0.3, -0.25) is 10.1 Å². The summed E-state index contributed by atoms with van der Waals surface area (Å²) < 4.78 is 0. The molecular weight excluding hydrogens is 264 g/mol. The van der Waals surface area contributed by atoms with E-state index in [1.165, 1.54) is 0 Å². The predicted octanol–water partition coefficient (Wildman–Crippen LogP) is 0.441. The Balaban J connectivity index is 2.66. The van der Waals surface area contributed by atoms with Crippen LogP contribution in [-0.2, 0) is 0 Å². The summed E-state index contributed by atoms with van der Waals surface area (Å²) in [5.74, 6) is -0.247. The third-order valence-corrected chi connectivity index (χ3v) is 2.48. The number of hydrogen-bond donors (Lipinski definition) is 3. The maximum absolute atomic E-state index is 10.7. The van der Waals surface area contributed by atoms with Crippen LogP contribution < -0.4 is 5.32 Å². The van der Waals surface area contributed by atoms with Crippen molar-refractivity contribution < 1.29 is 15.1 Å². The van der Waals surface area contributed by atoms with Gasteiger partial charge in [0.05, 0.1) is 4.92 Å². The molecule has 0 bridgehead atoms. The second-order valence-electron chi connectivity index (χ2n) is 3.58. The lowest BCUT2D eigenvalue weighted by molar-refractivity contribution is -0.384. The average molecular weight is 277 g/mol. The van der Waals surface area contributed by atoms with E-state index in [4.69, 9.17) is 21.8 Å². The van der Waals surface area contributed by atoms with Gasteiger partial charge in [0.15, 0.2) is 0 Å². The number of nitrogens with one attached hydrogen (secondary N) is 1. The van der Waals surface area contributed by atoms with E-state index in [0.29, 0.717) is 13.0 Å². The van der Waals surface area contributed by atoms with Crippen LogP contribution in [0.4, 0.5) is 11.5 Å². The minimum absolute atomic E-state index is 0.0228. The Morgan fingerprint density at radius 2 is 2.17 bits per heavy atom. The van der Waals surface area contributed by atoms with E-state index in [-0.39, 0.29) is 35.9 Å². The molecule has 0 unspecified atom stereocenters. The quantitative estimate of drug-likeness (QED) is 0.375. The van der Waals surface area contributed by atoms with Crippen molar-refractivity contribution in [2.24, 2.45) is 5.92 Å². The highest BCUT2D eigenvalue weighted by molar-refractivity contribution is 6.28. The van der Waals surface area contributed by atoms with Gasteiger partial charge in [0, 0.05) is 25.7 Å². The van der Waals surface area contributed by atoms with Gasteiger partial charge in [0.1, 0.15) is 6.20 Å². The molecule has 0 aliphatic heterocycles. The Hall–Kier alpha value is -1.51. The summed E-state index contributed by atoms with van der Waals surface area (Å²) in [4.78, 5) is 17.3. The van der Waals surface area contributed by atoms with E-state index in [1.807, 2.05) is 0 Å². The number of nitro groups is 1. The van der Waals surface area contributed by atoms with Crippen LogP contribution in [0.2, 0.25) is 5.28 Å². The lowest BCUT2D eigenvalue weighted by Gasteiger charge is -2.11. The van der Waals surface area contributed by atoms with E-state index in [2.05, 4.69) is 15.3 Å². The molecule has 8 nitrogen and oxygen atoms in total. The first-order valence-corrected chi connectivity index (χ1v) is 5.58. The smallest absolute Gasteiger partial charge is 0.329 e. The van der Waals surface area contributed by atoms with Crippen molar-refractivity contribution in [3.05, 3.63) is 21.6 Å². The predicted molar refractivity (Wildman–Crippen MR) is 64.5 cm³/mol. The summed E-state index contributed by atoms with van der Waals surface area (Å²) >= 11 is 5.55. The molecule has 0 fully saturated rings. The number of aliphatic hydroxyl groups is 2. The highest BCUT2D eigenvalue weighted by atomic mass is 35.5. The zero-order chi connectivity index (χ0) is 13.5. The van der Waals surface area contributed by atoms with E-state index >= 15 is 0 Å². The van der Waals surface area contributed by atoms with Crippen LogP contribution in [0.5, 0.6) is 0 Å². The summed E-state index contributed by atoms with van der Waals surface area (Å²) in [6, 6.07) is 0. The topological polar surface area (TPSA) is 121 Å². The lowest BCUT2D eigenvalue weighted by atomic mass is 10.1. The van der Waals surface area contributed by atoms with Gasteiger partial charge in [0.25, 0.3) is 0 Å². The van der Waals surface area contributed by atoms with Crippen molar-refractivity contribution >= 4 is 23.1 Å². The summed E-state index contributed by atoms with van der Waals surface area (Å²) in [6.45, 7) is 0.0234. The van der Waals surface area contributed by atoms with Gasteiger partial charge >= 0.3 is 5.69 Å². The monoisotopic (exact) mass is 276 g/mol. The maximum atomic E-state index is 10.7. The van der Waals surface area contributed by atoms with Gasteiger partial charge in [-0.05, 0) is 18.0 Å². The van der Waals surface area contributed by atoms with Crippen molar-refractivity contribution in [2.75, 3.05) is 25.1 Å². The van der Waals surface area contributed by atoms with E-state index in [1.54, 1.807) is 0 Å². The number of anilines is 1. The number of aromatic nitrogens is 2. The van der Waals surface area contributed by atoms with Crippen LogP contribution in [0, 0.1) is 16.0 Å². The van der Waals surface area contributed by atoms with Crippen LogP contribution in [0.3, 0.4) is 0 Å². The number of nitrogens with zero attached hydrogens (tertiary/aromatic N) is 3. The molecule has 0 saturated heterocycles. The molecule has 100 valence electrons. The lowest BCUT2D eigenvalue weighted by Crippen LogP contribution is -2.16. The normalized spacial score (nSPS) is 10.7. The first kappa shape index (κ1) is 14.6. The van der Waals surface area contributed by atoms with Gasteiger partial charge in [-0.1, -0.05) is 0 Å². The van der Waals surface area contributed by atoms with E-state index in [9.17, 15) is 10.1 Å². The zero-order valence-corrected chi connectivity index (χ0v) is 10.2. The van der Waals surface area contributed by atoms with Crippen LogP contribution in [0.1, 0.15) is 6.42 Å². The maximum Gasteiger partial charge on any atom is 0.329 e. The van der Waals surface area contributed by atoms with Gasteiger partial charge in [-0.15, -0.1) is 0 Å². The zero-order valence-electron chi connectivity index (χ0n) is 9.41. The highest BCUT2D eigenvalue weighted by Gasteiger charge is 2.16. The van der Waals surface area contributed by atoms with Crippen molar-refractivity contribution in [1.29, 1.82) is 0 Å². The van der Waals surface area contributed by atoms with Gasteiger partial charge < -0.3 is 15.5 Å². The van der Waals surface area contributed by atoms with Crippen molar-refractivity contribution in [3.63, 3.8) is 0 Å². The fourth-order valence-corrected chi connectivity index (χ4v) is 1.39. The molecule has 18 heavy (non-hydrogen) atoms. The Labute approximate surface area is 108 Å². The fraction of sp³-hybridized carbons (Fsp3) is 0.556. The Morgan fingerprint density at radius 1 is 1.50 bits per heavy atom. The minimum Gasteiger partial charge on any atom is -0.396 e. The first-order chi connectivity index (χ1) is 8.58.